The summed E-state index contributed by atoms with van der Waals surface area (Å²) in [5.41, 5.74) is 2.12. The molecular weight excluding hydrogens is 322 g/mol. The quantitative estimate of drug-likeness (QED) is 0.883. The maximum absolute atomic E-state index is 12.5. The molecule has 8 nitrogen and oxygen atoms in total. The summed E-state index contributed by atoms with van der Waals surface area (Å²) in [6, 6.07) is 3.48. The van der Waals surface area contributed by atoms with Crippen molar-refractivity contribution in [1.82, 2.24) is 19.8 Å². The second-order valence-corrected chi connectivity index (χ2v) is 6.58. The molecule has 0 radical (unpaired) electrons. The maximum Gasteiger partial charge on any atom is 0.242 e. The Balaban J connectivity index is 1.58. The van der Waals surface area contributed by atoms with Gasteiger partial charge in [0.25, 0.3) is 0 Å². The normalized spacial score (nSPS) is 19.8. The molecule has 0 spiro atoms. The predicted octanol–water partition coefficient (Wildman–Crippen LogP) is 1.52. The molecule has 136 valence electrons. The number of morpholine rings is 1. The van der Waals surface area contributed by atoms with Gasteiger partial charge in [-0.1, -0.05) is 5.16 Å². The number of amides is 1. The average molecular weight is 347 g/mol. The summed E-state index contributed by atoms with van der Waals surface area (Å²) in [5, 5.41) is 11.1. The monoisotopic (exact) mass is 347 g/mol. The van der Waals surface area contributed by atoms with E-state index in [2.05, 4.69) is 26.5 Å². The fourth-order valence-electron chi connectivity index (χ4n) is 3.08. The summed E-state index contributed by atoms with van der Waals surface area (Å²) in [6.45, 7) is 10.4. The van der Waals surface area contributed by atoms with Gasteiger partial charge in [-0.15, -0.1) is 0 Å². The van der Waals surface area contributed by atoms with Crippen molar-refractivity contribution in [2.24, 2.45) is 0 Å². The Morgan fingerprint density at radius 3 is 2.84 bits per heavy atom. The van der Waals surface area contributed by atoms with Crippen molar-refractivity contribution < 1.29 is 14.1 Å². The van der Waals surface area contributed by atoms with Gasteiger partial charge in [-0.05, 0) is 33.8 Å². The Hall–Kier alpha value is -2.19. The summed E-state index contributed by atoms with van der Waals surface area (Å²) in [7, 11) is 0. The van der Waals surface area contributed by atoms with Gasteiger partial charge >= 0.3 is 0 Å². The van der Waals surface area contributed by atoms with E-state index in [-0.39, 0.29) is 18.1 Å². The van der Waals surface area contributed by atoms with E-state index in [1.807, 2.05) is 25.5 Å². The van der Waals surface area contributed by atoms with Crippen molar-refractivity contribution >= 4 is 11.7 Å². The van der Waals surface area contributed by atoms with Crippen LogP contribution < -0.4 is 5.32 Å². The molecule has 8 heteroatoms. The van der Waals surface area contributed by atoms with Crippen LogP contribution in [0.3, 0.4) is 0 Å². The standard InChI is InChI=1S/C17H25N5O3/c1-11-7-12(2)22(19-11)10-15-9-21(5-6-24-15)14(4)17(23)18-16-8-13(3)25-20-16/h7-8,14-15H,5-6,9-10H2,1-4H3,(H,18,20,23)/t14-,15+/m1/s1. The maximum atomic E-state index is 12.5. The Bertz CT molecular complexity index is 738. The fraction of sp³-hybridized carbons (Fsp3) is 0.588. The van der Waals surface area contributed by atoms with Crippen LogP contribution in [-0.4, -0.2) is 57.6 Å². The average Bonchev–Trinajstić information content (AvgIpc) is 3.11. The molecular formula is C17H25N5O3. The van der Waals surface area contributed by atoms with E-state index >= 15 is 0 Å². The lowest BCUT2D eigenvalue weighted by atomic mass is 10.2. The molecule has 1 amide bonds. The Kier molecular flexibility index (Phi) is 5.19. The van der Waals surface area contributed by atoms with Gasteiger partial charge in [0, 0.05) is 24.8 Å². The summed E-state index contributed by atoms with van der Waals surface area (Å²) < 4.78 is 12.8. The number of rotatable bonds is 5. The minimum atomic E-state index is -0.274. The van der Waals surface area contributed by atoms with Gasteiger partial charge in [-0.3, -0.25) is 14.4 Å². The smallest absolute Gasteiger partial charge is 0.242 e. The molecule has 0 aliphatic carbocycles. The van der Waals surface area contributed by atoms with E-state index in [9.17, 15) is 4.79 Å². The van der Waals surface area contributed by atoms with Crippen LogP contribution in [0.25, 0.3) is 0 Å². The molecule has 2 aromatic rings. The first-order valence-electron chi connectivity index (χ1n) is 8.53. The van der Waals surface area contributed by atoms with Crippen LogP contribution in [0.5, 0.6) is 0 Å². The first-order valence-corrected chi connectivity index (χ1v) is 8.53. The highest BCUT2D eigenvalue weighted by atomic mass is 16.5. The number of anilines is 1. The lowest BCUT2D eigenvalue weighted by Gasteiger charge is -2.36. The van der Waals surface area contributed by atoms with Gasteiger partial charge in [-0.2, -0.15) is 5.10 Å². The highest BCUT2D eigenvalue weighted by Gasteiger charge is 2.29. The van der Waals surface area contributed by atoms with Crippen LogP contribution >= 0.6 is 0 Å². The van der Waals surface area contributed by atoms with E-state index in [1.165, 1.54) is 0 Å². The van der Waals surface area contributed by atoms with Gasteiger partial charge in [-0.25, -0.2) is 0 Å². The van der Waals surface area contributed by atoms with Crippen molar-refractivity contribution in [3.05, 3.63) is 29.3 Å². The molecule has 0 aromatic carbocycles. The van der Waals surface area contributed by atoms with Crippen LogP contribution in [0.15, 0.2) is 16.7 Å². The third kappa shape index (κ3) is 4.26. The van der Waals surface area contributed by atoms with Gasteiger partial charge in [0.15, 0.2) is 5.82 Å². The van der Waals surface area contributed by atoms with Crippen molar-refractivity contribution in [2.45, 2.75) is 46.4 Å². The number of nitrogens with one attached hydrogen (secondary N) is 1. The zero-order valence-electron chi connectivity index (χ0n) is 15.2. The van der Waals surface area contributed by atoms with Crippen molar-refractivity contribution in [3.8, 4) is 0 Å². The molecule has 1 fully saturated rings. The topological polar surface area (TPSA) is 85.4 Å². The Morgan fingerprint density at radius 2 is 2.20 bits per heavy atom. The van der Waals surface area contributed by atoms with E-state index in [4.69, 9.17) is 9.26 Å². The minimum absolute atomic E-state index is 0.0105. The zero-order chi connectivity index (χ0) is 18.0. The number of carbonyl (C=O) groups is 1. The zero-order valence-corrected chi connectivity index (χ0v) is 15.2. The molecule has 25 heavy (non-hydrogen) atoms. The van der Waals surface area contributed by atoms with Crippen LogP contribution in [0, 0.1) is 20.8 Å². The van der Waals surface area contributed by atoms with Gasteiger partial charge in [0.05, 0.1) is 31.0 Å². The molecule has 1 aliphatic heterocycles. The van der Waals surface area contributed by atoms with E-state index in [1.54, 1.807) is 13.0 Å². The lowest BCUT2D eigenvalue weighted by molar-refractivity contribution is -0.124. The second-order valence-electron chi connectivity index (χ2n) is 6.58. The third-order valence-corrected chi connectivity index (χ3v) is 4.46. The van der Waals surface area contributed by atoms with Crippen LogP contribution in [-0.2, 0) is 16.1 Å². The van der Waals surface area contributed by atoms with Crippen LogP contribution in [0.1, 0.15) is 24.1 Å². The van der Waals surface area contributed by atoms with E-state index in [0.717, 1.165) is 17.9 Å². The van der Waals surface area contributed by atoms with E-state index < -0.39 is 0 Å². The first kappa shape index (κ1) is 17.6. The third-order valence-electron chi connectivity index (χ3n) is 4.46. The molecule has 1 N–H and O–H groups in total. The molecule has 1 aliphatic rings. The Labute approximate surface area is 147 Å². The number of hydrogen-bond acceptors (Lipinski definition) is 6. The molecule has 2 aromatic heterocycles. The first-order chi connectivity index (χ1) is 11.9. The van der Waals surface area contributed by atoms with Crippen molar-refractivity contribution in [3.63, 3.8) is 0 Å². The van der Waals surface area contributed by atoms with Crippen LogP contribution in [0.4, 0.5) is 5.82 Å². The summed E-state index contributed by atoms with van der Waals surface area (Å²) in [5.74, 6) is 1.01. The minimum Gasteiger partial charge on any atom is -0.374 e. The number of hydrogen-bond donors (Lipinski definition) is 1. The Morgan fingerprint density at radius 1 is 1.40 bits per heavy atom. The number of nitrogens with zero attached hydrogens (tertiary/aromatic N) is 4. The molecule has 3 heterocycles. The van der Waals surface area contributed by atoms with Crippen molar-refractivity contribution in [2.75, 3.05) is 25.0 Å². The highest BCUT2D eigenvalue weighted by Crippen LogP contribution is 2.14. The molecule has 1 saturated heterocycles. The molecule has 3 rings (SSSR count). The molecule has 2 atom stereocenters. The molecule has 0 saturated carbocycles. The highest BCUT2D eigenvalue weighted by molar-refractivity contribution is 5.93. The number of aromatic nitrogens is 3. The van der Waals surface area contributed by atoms with Crippen LogP contribution in [0.2, 0.25) is 0 Å². The second kappa shape index (κ2) is 7.37. The SMILES string of the molecule is Cc1cc(C)n(C[C@@H]2CN([C@H](C)C(=O)Nc3cc(C)on3)CCO2)n1. The lowest BCUT2D eigenvalue weighted by Crippen LogP contribution is -2.51. The molecule has 0 bridgehead atoms. The number of aryl methyl sites for hydroxylation is 3. The number of ether oxygens (including phenoxy) is 1. The van der Waals surface area contributed by atoms with Crippen molar-refractivity contribution in [1.29, 1.82) is 0 Å². The largest absolute Gasteiger partial charge is 0.374 e. The number of carbonyl (C=O) groups excluding carboxylic acids is 1. The summed E-state index contributed by atoms with van der Waals surface area (Å²) in [6.07, 6.45) is 0.0105. The molecule has 0 unspecified atom stereocenters. The van der Waals surface area contributed by atoms with Gasteiger partial charge in [0.2, 0.25) is 5.91 Å². The predicted molar refractivity (Wildman–Crippen MR) is 92.3 cm³/mol. The fourth-order valence-corrected chi connectivity index (χ4v) is 3.08. The summed E-state index contributed by atoms with van der Waals surface area (Å²) >= 11 is 0. The van der Waals surface area contributed by atoms with Gasteiger partial charge in [0.1, 0.15) is 5.76 Å². The van der Waals surface area contributed by atoms with Gasteiger partial charge < -0.3 is 14.6 Å². The summed E-state index contributed by atoms with van der Waals surface area (Å²) in [4.78, 5) is 14.6. The van der Waals surface area contributed by atoms with E-state index in [0.29, 0.717) is 31.3 Å².